The van der Waals surface area contributed by atoms with Gasteiger partial charge in [0.05, 0.1) is 31.8 Å². The number of anilines is 1. The predicted molar refractivity (Wildman–Crippen MR) is 122 cm³/mol. The first-order valence-corrected chi connectivity index (χ1v) is 10.4. The number of fused-ring (bicyclic) bond motifs is 2. The number of carbonyl (C=O) groups excluding carboxylic acids is 4. The monoisotopic (exact) mass is 498 g/mol. The van der Waals surface area contributed by atoms with E-state index in [0.29, 0.717) is 0 Å². The van der Waals surface area contributed by atoms with Crippen molar-refractivity contribution in [1.29, 1.82) is 0 Å². The van der Waals surface area contributed by atoms with E-state index in [9.17, 15) is 29.3 Å². The van der Waals surface area contributed by atoms with E-state index in [-0.39, 0.29) is 49.2 Å². The molecule has 170 valence electrons. The number of ether oxygens (including phenoxy) is 1. The summed E-state index contributed by atoms with van der Waals surface area (Å²) in [5, 5.41) is 13.0. The first kappa shape index (κ1) is 23.1. The SMILES string of the molecule is O=C(COC(=O)c1ccc2c(c1Cl)C(=O)c1ccccc1C2=O)Nc1cc([N+](=O)[O-])ccc1Cl. The Hall–Kier alpha value is -4.08. The van der Waals surface area contributed by atoms with Gasteiger partial charge < -0.3 is 10.1 Å². The molecule has 4 rings (SSSR count). The van der Waals surface area contributed by atoms with Crippen molar-refractivity contribution in [2.45, 2.75) is 0 Å². The fraction of sp³-hybridized carbons (Fsp3) is 0.0435. The van der Waals surface area contributed by atoms with Crippen molar-refractivity contribution in [3.05, 3.63) is 103 Å². The number of halogens is 2. The smallest absolute Gasteiger partial charge is 0.340 e. The van der Waals surface area contributed by atoms with Gasteiger partial charge in [-0.2, -0.15) is 0 Å². The second kappa shape index (κ2) is 9.05. The van der Waals surface area contributed by atoms with Gasteiger partial charge in [-0.25, -0.2) is 4.79 Å². The lowest BCUT2D eigenvalue weighted by molar-refractivity contribution is -0.384. The molecule has 1 N–H and O–H groups in total. The van der Waals surface area contributed by atoms with Gasteiger partial charge >= 0.3 is 5.97 Å². The Balaban J connectivity index is 1.51. The average Bonchev–Trinajstić information content (AvgIpc) is 2.82. The molecule has 11 heteroatoms. The van der Waals surface area contributed by atoms with Gasteiger partial charge in [0, 0.05) is 28.8 Å². The molecule has 0 bridgehead atoms. The Morgan fingerprint density at radius 1 is 0.941 bits per heavy atom. The van der Waals surface area contributed by atoms with Crippen LogP contribution in [0, 0.1) is 10.1 Å². The van der Waals surface area contributed by atoms with E-state index in [2.05, 4.69) is 5.32 Å². The van der Waals surface area contributed by atoms with Crippen molar-refractivity contribution in [2.75, 3.05) is 11.9 Å². The summed E-state index contributed by atoms with van der Waals surface area (Å²) in [4.78, 5) is 60.6. The van der Waals surface area contributed by atoms with Gasteiger partial charge in [-0.1, -0.05) is 47.5 Å². The molecule has 3 aromatic carbocycles. The summed E-state index contributed by atoms with van der Waals surface area (Å²) >= 11 is 12.2. The van der Waals surface area contributed by atoms with E-state index in [1.165, 1.54) is 36.4 Å². The van der Waals surface area contributed by atoms with Crippen LogP contribution in [0.5, 0.6) is 0 Å². The number of esters is 1. The summed E-state index contributed by atoms with van der Waals surface area (Å²) in [7, 11) is 0. The summed E-state index contributed by atoms with van der Waals surface area (Å²) in [5.41, 5.74) is -0.189. The maximum atomic E-state index is 12.9. The Bertz CT molecular complexity index is 1420. The van der Waals surface area contributed by atoms with Crippen LogP contribution in [0.1, 0.15) is 42.2 Å². The highest BCUT2D eigenvalue weighted by Gasteiger charge is 2.33. The summed E-state index contributed by atoms with van der Waals surface area (Å²) in [6, 6.07) is 12.3. The molecule has 0 heterocycles. The quantitative estimate of drug-likeness (QED) is 0.243. The summed E-state index contributed by atoms with van der Waals surface area (Å²) < 4.78 is 4.97. The van der Waals surface area contributed by atoms with Gasteiger partial charge in [0.1, 0.15) is 0 Å². The minimum atomic E-state index is -1.01. The summed E-state index contributed by atoms with van der Waals surface area (Å²) in [6.45, 7) is -0.763. The third-order valence-electron chi connectivity index (χ3n) is 5.02. The van der Waals surface area contributed by atoms with Crippen LogP contribution in [-0.4, -0.2) is 35.0 Å². The van der Waals surface area contributed by atoms with E-state index in [0.717, 1.165) is 6.07 Å². The fourth-order valence-corrected chi connectivity index (χ4v) is 3.91. The molecule has 0 radical (unpaired) electrons. The number of carbonyl (C=O) groups is 4. The minimum Gasteiger partial charge on any atom is -0.452 e. The number of hydrogen-bond donors (Lipinski definition) is 1. The number of ketones is 2. The van der Waals surface area contributed by atoms with E-state index in [1.54, 1.807) is 12.1 Å². The van der Waals surface area contributed by atoms with Gasteiger partial charge in [-0.15, -0.1) is 0 Å². The van der Waals surface area contributed by atoms with Gasteiger partial charge in [0.2, 0.25) is 0 Å². The molecule has 0 spiro atoms. The number of rotatable bonds is 5. The Kier molecular flexibility index (Phi) is 6.14. The first-order valence-electron chi connectivity index (χ1n) is 9.61. The molecular formula is C23H12Cl2N2O7. The van der Waals surface area contributed by atoms with Gasteiger partial charge in [0.25, 0.3) is 11.6 Å². The number of benzene rings is 3. The molecule has 0 unspecified atom stereocenters. The van der Waals surface area contributed by atoms with Crippen molar-refractivity contribution in [3.63, 3.8) is 0 Å². The lowest BCUT2D eigenvalue weighted by atomic mass is 9.83. The van der Waals surface area contributed by atoms with Crippen molar-refractivity contribution in [1.82, 2.24) is 0 Å². The van der Waals surface area contributed by atoms with Crippen LogP contribution in [0.4, 0.5) is 11.4 Å². The zero-order valence-electron chi connectivity index (χ0n) is 17.0. The van der Waals surface area contributed by atoms with Crippen LogP contribution < -0.4 is 5.32 Å². The van der Waals surface area contributed by atoms with Crippen molar-refractivity contribution < 1.29 is 28.8 Å². The maximum Gasteiger partial charge on any atom is 0.340 e. The number of nitrogens with zero attached hydrogens (tertiary/aromatic N) is 1. The van der Waals surface area contributed by atoms with E-state index >= 15 is 0 Å². The molecule has 0 aliphatic heterocycles. The van der Waals surface area contributed by atoms with Gasteiger partial charge in [0.15, 0.2) is 18.2 Å². The number of nitrogens with one attached hydrogen (secondary N) is 1. The molecule has 0 saturated heterocycles. The van der Waals surface area contributed by atoms with Gasteiger partial charge in [-0.3, -0.25) is 24.5 Å². The molecule has 1 aliphatic carbocycles. The molecule has 1 aliphatic rings. The number of non-ortho nitro benzene ring substituents is 1. The number of amides is 1. The highest BCUT2D eigenvalue weighted by atomic mass is 35.5. The molecule has 3 aromatic rings. The Morgan fingerprint density at radius 3 is 2.29 bits per heavy atom. The zero-order valence-corrected chi connectivity index (χ0v) is 18.5. The van der Waals surface area contributed by atoms with Crippen LogP contribution in [0.2, 0.25) is 10.0 Å². The Labute approximate surface area is 201 Å². The third kappa shape index (κ3) is 4.14. The Morgan fingerprint density at radius 2 is 1.62 bits per heavy atom. The lowest BCUT2D eigenvalue weighted by Crippen LogP contribution is -2.24. The summed E-state index contributed by atoms with van der Waals surface area (Å²) in [5.74, 6) is -2.74. The molecule has 9 nitrogen and oxygen atoms in total. The average molecular weight is 499 g/mol. The second-order valence-corrected chi connectivity index (χ2v) is 7.88. The second-order valence-electron chi connectivity index (χ2n) is 7.10. The molecule has 0 fully saturated rings. The highest BCUT2D eigenvalue weighted by Crippen LogP contribution is 2.34. The first-order chi connectivity index (χ1) is 16.2. The van der Waals surface area contributed by atoms with Crippen molar-refractivity contribution in [3.8, 4) is 0 Å². The molecule has 1 amide bonds. The largest absolute Gasteiger partial charge is 0.452 e. The lowest BCUT2D eigenvalue weighted by Gasteiger charge is -2.19. The van der Waals surface area contributed by atoms with E-state index in [4.69, 9.17) is 27.9 Å². The number of nitro groups is 1. The summed E-state index contributed by atoms with van der Waals surface area (Å²) in [6.07, 6.45) is 0. The van der Waals surface area contributed by atoms with E-state index in [1.807, 2.05) is 0 Å². The topological polar surface area (TPSA) is 133 Å². The highest BCUT2D eigenvalue weighted by molar-refractivity contribution is 6.41. The molecule has 0 atom stereocenters. The standard InChI is InChI=1S/C23H12Cl2N2O7/c24-16-8-5-11(27(32)33)9-17(16)26-18(28)10-34-23(31)15-7-6-14-19(20(15)25)22(30)13-4-2-1-3-12(13)21(14)29/h1-9H,10H2,(H,26,28). The van der Waals surface area contributed by atoms with Gasteiger partial charge in [-0.05, 0) is 18.2 Å². The molecular weight excluding hydrogens is 487 g/mol. The molecule has 0 aromatic heterocycles. The number of nitro benzene ring substituents is 1. The fourth-order valence-electron chi connectivity index (χ4n) is 3.42. The third-order valence-corrected chi connectivity index (χ3v) is 5.74. The van der Waals surface area contributed by atoms with Crippen LogP contribution in [0.3, 0.4) is 0 Å². The molecule has 34 heavy (non-hydrogen) atoms. The van der Waals surface area contributed by atoms with Crippen LogP contribution in [-0.2, 0) is 9.53 Å². The van der Waals surface area contributed by atoms with Crippen LogP contribution in [0.25, 0.3) is 0 Å². The van der Waals surface area contributed by atoms with E-state index < -0.39 is 35.0 Å². The zero-order chi connectivity index (χ0) is 24.6. The predicted octanol–water partition coefficient (Wildman–Crippen LogP) is 4.47. The molecule has 0 saturated carbocycles. The maximum absolute atomic E-state index is 12.9. The van der Waals surface area contributed by atoms with Crippen molar-refractivity contribution >= 4 is 58.0 Å². The van der Waals surface area contributed by atoms with Crippen LogP contribution >= 0.6 is 23.2 Å². The normalized spacial score (nSPS) is 11.9. The van der Waals surface area contributed by atoms with Crippen LogP contribution in [0.15, 0.2) is 54.6 Å². The number of hydrogen-bond acceptors (Lipinski definition) is 7. The van der Waals surface area contributed by atoms with Crippen molar-refractivity contribution in [2.24, 2.45) is 0 Å². The minimum absolute atomic E-state index is 0.0356.